The smallest absolute Gasteiger partial charge is 0.336 e. The van der Waals surface area contributed by atoms with Gasteiger partial charge in [-0.1, -0.05) is 11.6 Å². The molecule has 1 aromatic rings. The molecule has 2 saturated heterocycles. The fourth-order valence-corrected chi connectivity index (χ4v) is 5.54. The van der Waals surface area contributed by atoms with E-state index >= 15 is 0 Å². The SMILES string of the molecule is Cc1c(C(=O)O)cc(Cl)cc1S(=O)(=O)N1CCC2OCCN(C)C2C1. The molecule has 0 radical (unpaired) electrons. The quantitative estimate of drug-likeness (QED) is 0.843. The van der Waals surface area contributed by atoms with Gasteiger partial charge in [-0.15, -0.1) is 0 Å². The molecule has 2 unspecified atom stereocenters. The summed E-state index contributed by atoms with van der Waals surface area (Å²) in [6.07, 6.45) is 0.639. The van der Waals surface area contributed by atoms with Crippen molar-refractivity contribution in [2.24, 2.45) is 0 Å². The van der Waals surface area contributed by atoms with Crippen molar-refractivity contribution >= 4 is 27.6 Å². The number of benzene rings is 1. The fraction of sp³-hybridized carbons (Fsp3) is 0.562. The van der Waals surface area contributed by atoms with Gasteiger partial charge in [-0.2, -0.15) is 4.31 Å². The van der Waals surface area contributed by atoms with E-state index in [-0.39, 0.29) is 33.2 Å². The first kappa shape index (κ1) is 18.6. The molecular formula is C16H21ClN2O5S. The van der Waals surface area contributed by atoms with Crippen LogP contribution in [0.2, 0.25) is 5.02 Å². The third kappa shape index (κ3) is 3.41. The molecule has 25 heavy (non-hydrogen) atoms. The van der Waals surface area contributed by atoms with Crippen molar-refractivity contribution in [3.05, 3.63) is 28.3 Å². The normalized spacial score (nSPS) is 25.6. The highest BCUT2D eigenvalue weighted by Crippen LogP contribution is 2.30. The summed E-state index contributed by atoms with van der Waals surface area (Å²) in [7, 11) is -1.88. The second kappa shape index (κ2) is 6.85. The van der Waals surface area contributed by atoms with Gasteiger partial charge in [0.05, 0.1) is 23.2 Å². The van der Waals surface area contributed by atoms with Crippen molar-refractivity contribution < 1.29 is 23.1 Å². The summed E-state index contributed by atoms with van der Waals surface area (Å²) in [6, 6.07) is 2.59. The molecular weight excluding hydrogens is 368 g/mol. The van der Waals surface area contributed by atoms with Crippen LogP contribution in [-0.4, -0.2) is 74.1 Å². The van der Waals surface area contributed by atoms with Crippen LogP contribution in [0.5, 0.6) is 0 Å². The largest absolute Gasteiger partial charge is 0.478 e. The lowest BCUT2D eigenvalue weighted by Gasteiger charge is -2.45. The Morgan fingerprint density at radius 3 is 2.76 bits per heavy atom. The molecule has 0 bridgehead atoms. The average Bonchev–Trinajstić information content (AvgIpc) is 2.56. The first-order valence-corrected chi connectivity index (χ1v) is 9.89. The standard InChI is InChI=1S/C16H21ClN2O5S/c1-10-12(16(20)21)7-11(17)8-15(10)25(22,23)19-4-3-14-13(9-19)18(2)5-6-24-14/h7-8,13-14H,3-6,9H2,1-2H3,(H,20,21). The summed E-state index contributed by atoms with van der Waals surface area (Å²) in [5.74, 6) is -1.20. The lowest BCUT2D eigenvalue weighted by atomic mass is 10.0. The molecule has 2 heterocycles. The minimum Gasteiger partial charge on any atom is -0.478 e. The van der Waals surface area contributed by atoms with Gasteiger partial charge in [-0.25, -0.2) is 13.2 Å². The minimum absolute atomic E-state index is 0.00397. The van der Waals surface area contributed by atoms with Crippen LogP contribution in [0.25, 0.3) is 0 Å². The Kier molecular flexibility index (Phi) is 5.09. The van der Waals surface area contributed by atoms with Crippen LogP contribution in [0.4, 0.5) is 0 Å². The van der Waals surface area contributed by atoms with Crippen LogP contribution >= 0.6 is 11.6 Å². The summed E-state index contributed by atoms with van der Waals surface area (Å²) < 4.78 is 33.4. The van der Waals surface area contributed by atoms with Crippen LogP contribution < -0.4 is 0 Å². The summed E-state index contributed by atoms with van der Waals surface area (Å²) in [5, 5.41) is 9.38. The van der Waals surface area contributed by atoms with Gasteiger partial charge in [-0.3, -0.25) is 4.90 Å². The zero-order chi connectivity index (χ0) is 18.4. The number of hydrogen-bond donors (Lipinski definition) is 1. The van der Waals surface area contributed by atoms with E-state index < -0.39 is 16.0 Å². The Labute approximate surface area is 152 Å². The van der Waals surface area contributed by atoms with E-state index in [1.807, 2.05) is 7.05 Å². The van der Waals surface area contributed by atoms with Crippen LogP contribution in [-0.2, 0) is 14.8 Å². The molecule has 138 valence electrons. The van der Waals surface area contributed by atoms with Crippen LogP contribution in [0.3, 0.4) is 0 Å². The van der Waals surface area contributed by atoms with Gasteiger partial charge in [-0.05, 0) is 38.1 Å². The van der Waals surface area contributed by atoms with Gasteiger partial charge in [0.25, 0.3) is 0 Å². The van der Waals surface area contributed by atoms with Gasteiger partial charge >= 0.3 is 5.97 Å². The highest BCUT2D eigenvalue weighted by molar-refractivity contribution is 7.89. The van der Waals surface area contributed by atoms with E-state index in [0.29, 0.717) is 26.1 Å². The molecule has 0 aromatic heterocycles. The lowest BCUT2D eigenvalue weighted by Crippen LogP contribution is -2.59. The number of morpholine rings is 1. The molecule has 2 aliphatic rings. The molecule has 0 amide bonds. The Hall–Kier alpha value is -1.19. The first-order chi connectivity index (χ1) is 11.7. The Balaban J connectivity index is 1.96. The molecule has 9 heteroatoms. The van der Waals surface area contributed by atoms with Crippen molar-refractivity contribution in [1.29, 1.82) is 0 Å². The number of ether oxygens (including phenoxy) is 1. The van der Waals surface area contributed by atoms with Crippen molar-refractivity contribution in [1.82, 2.24) is 9.21 Å². The maximum atomic E-state index is 13.1. The number of carboxylic acids is 1. The van der Waals surface area contributed by atoms with Gasteiger partial charge in [0, 0.05) is 30.7 Å². The number of halogens is 1. The van der Waals surface area contributed by atoms with E-state index in [9.17, 15) is 18.3 Å². The van der Waals surface area contributed by atoms with Crippen molar-refractivity contribution in [2.75, 3.05) is 33.3 Å². The minimum atomic E-state index is -3.84. The molecule has 7 nitrogen and oxygen atoms in total. The van der Waals surface area contributed by atoms with E-state index in [1.165, 1.54) is 23.4 Å². The average molecular weight is 389 g/mol. The maximum Gasteiger partial charge on any atom is 0.336 e. The number of fused-ring (bicyclic) bond motifs is 1. The predicted molar refractivity (Wildman–Crippen MR) is 92.7 cm³/mol. The fourth-order valence-electron chi connectivity index (χ4n) is 3.51. The summed E-state index contributed by atoms with van der Waals surface area (Å²) >= 11 is 5.97. The first-order valence-electron chi connectivity index (χ1n) is 8.07. The number of sulfonamides is 1. The Morgan fingerprint density at radius 2 is 2.08 bits per heavy atom. The molecule has 2 fully saturated rings. The number of piperidine rings is 1. The number of rotatable bonds is 3. The van der Waals surface area contributed by atoms with E-state index in [0.717, 1.165) is 6.54 Å². The topological polar surface area (TPSA) is 87.1 Å². The van der Waals surface area contributed by atoms with Crippen molar-refractivity contribution in [3.8, 4) is 0 Å². The van der Waals surface area contributed by atoms with Gasteiger partial charge in [0.15, 0.2) is 0 Å². The zero-order valence-corrected chi connectivity index (χ0v) is 15.7. The van der Waals surface area contributed by atoms with Gasteiger partial charge in [0.1, 0.15) is 0 Å². The number of carbonyl (C=O) groups is 1. The highest BCUT2D eigenvalue weighted by atomic mass is 35.5. The summed E-state index contributed by atoms with van der Waals surface area (Å²) in [6.45, 7) is 3.56. The summed E-state index contributed by atoms with van der Waals surface area (Å²) in [4.78, 5) is 13.4. The van der Waals surface area contributed by atoms with E-state index in [4.69, 9.17) is 16.3 Å². The number of likely N-dealkylation sites (N-methyl/N-ethyl adjacent to an activating group) is 1. The summed E-state index contributed by atoms with van der Waals surface area (Å²) in [5.41, 5.74) is 0.103. The van der Waals surface area contributed by atoms with Gasteiger partial charge < -0.3 is 9.84 Å². The number of aromatic carboxylic acids is 1. The van der Waals surface area contributed by atoms with Crippen molar-refractivity contribution in [3.63, 3.8) is 0 Å². The molecule has 2 aliphatic heterocycles. The number of hydrogen-bond acceptors (Lipinski definition) is 5. The highest BCUT2D eigenvalue weighted by Gasteiger charge is 2.40. The molecule has 0 spiro atoms. The molecule has 2 atom stereocenters. The molecule has 0 aliphatic carbocycles. The van der Waals surface area contributed by atoms with Crippen molar-refractivity contribution in [2.45, 2.75) is 30.4 Å². The predicted octanol–water partition coefficient (Wildman–Crippen LogP) is 1.44. The van der Waals surface area contributed by atoms with Gasteiger partial charge in [0.2, 0.25) is 10.0 Å². The monoisotopic (exact) mass is 388 g/mol. The van der Waals surface area contributed by atoms with Crippen LogP contribution in [0, 0.1) is 6.92 Å². The van der Waals surface area contributed by atoms with E-state index in [2.05, 4.69) is 4.90 Å². The second-order valence-electron chi connectivity index (χ2n) is 6.49. The Morgan fingerprint density at radius 1 is 1.36 bits per heavy atom. The maximum absolute atomic E-state index is 13.1. The zero-order valence-electron chi connectivity index (χ0n) is 14.1. The van der Waals surface area contributed by atoms with E-state index in [1.54, 1.807) is 0 Å². The van der Waals surface area contributed by atoms with Crippen LogP contribution in [0.1, 0.15) is 22.3 Å². The molecule has 3 rings (SSSR count). The second-order valence-corrected chi connectivity index (χ2v) is 8.83. The molecule has 0 saturated carbocycles. The lowest BCUT2D eigenvalue weighted by molar-refractivity contribution is -0.0840. The number of nitrogens with zero attached hydrogens (tertiary/aromatic N) is 2. The van der Waals surface area contributed by atoms with Crippen LogP contribution in [0.15, 0.2) is 17.0 Å². The Bertz CT molecular complexity index is 798. The number of carboxylic acid groups (broad SMARTS) is 1. The molecule has 1 aromatic carbocycles. The molecule has 1 N–H and O–H groups in total. The third-order valence-electron chi connectivity index (χ3n) is 5.00. The third-order valence-corrected chi connectivity index (χ3v) is 7.21.